The molecule has 0 heterocycles. The molecule has 0 atom stereocenters. The second-order valence-corrected chi connectivity index (χ2v) is 5.05. The van der Waals surface area contributed by atoms with Gasteiger partial charge in [-0.3, -0.25) is 20.2 Å². The van der Waals surface area contributed by atoms with Crippen LogP contribution in [0.3, 0.4) is 0 Å². The topological polar surface area (TPSA) is 95.5 Å². The number of nitro groups is 2. The standard InChI is InChI=1S/C18H16N2O5/c21-19(22)17-9-1-5-15(13-17)7-3-11-25-12-4-8-16-6-2-10-18(14-16)20(23)24/h1-10,13-14H,11-12H2/b7-3+,8-4+. The van der Waals surface area contributed by atoms with E-state index >= 15 is 0 Å². The Balaban J connectivity index is 1.78. The molecule has 0 aliphatic rings. The molecule has 7 heteroatoms. The van der Waals surface area contributed by atoms with Gasteiger partial charge in [-0.1, -0.05) is 48.6 Å². The highest BCUT2D eigenvalue weighted by Gasteiger charge is 2.04. The quantitative estimate of drug-likeness (QED) is 0.407. The van der Waals surface area contributed by atoms with Crippen LogP contribution in [0.2, 0.25) is 0 Å². The van der Waals surface area contributed by atoms with Gasteiger partial charge in [0.2, 0.25) is 0 Å². The van der Waals surface area contributed by atoms with E-state index in [0.29, 0.717) is 13.2 Å². The van der Waals surface area contributed by atoms with E-state index in [2.05, 4.69) is 0 Å². The Kier molecular flexibility index (Phi) is 6.56. The average molecular weight is 340 g/mol. The number of nitro benzene ring substituents is 2. The maximum absolute atomic E-state index is 10.7. The predicted molar refractivity (Wildman–Crippen MR) is 95.1 cm³/mol. The normalized spacial score (nSPS) is 11.2. The SMILES string of the molecule is O=[N+]([O-])c1cccc(/C=C/COC/C=C/c2cccc([N+](=O)[O-])c2)c1. The predicted octanol–water partition coefficient (Wildman–Crippen LogP) is 4.25. The minimum Gasteiger partial charge on any atom is -0.373 e. The summed E-state index contributed by atoms with van der Waals surface area (Å²) >= 11 is 0. The maximum Gasteiger partial charge on any atom is 0.270 e. The third-order valence-electron chi connectivity index (χ3n) is 3.21. The van der Waals surface area contributed by atoms with Crippen LogP contribution >= 0.6 is 0 Å². The van der Waals surface area contributed by atoms with Crippen LogP contribution in [0.5, 0.6) is 0 Å². The molecule has 2 aromatic carbocycles. The van der Waals surface area contributed by atoms with E-state index in [9.17, 15) is 20.2 Å². The van der Waals surface area contributed by atoms with Crippen LogP contribution in [0.4, 0.5) is 11.4 Å². The first-order valence-electron chi connectivity index (χ1n) is 7.46. The summed E-state index contributed by atoms with van der Waals surface area (Å²) in [5.74, 6) is 0. The van der Waals surface area contributed by atoms with Gasteiger partial charge in [0.05, 0.1) is 23.1 Å². The second kappa shape index (κ2) is 9.09. The number of non-ortho nitro benzene ring substituents is 2. The van der Waals surface area contributed by atoms with E-state index in [-0.39, 0.29) is 11.4 Å². The van der Waals surface area contributed by atoms with Crippen LogP contribution in [-0.2, 0) is 4.74 Å². The number of rotatable bonds is 8. The van der Waals surface area contributed by atoms with Crippen LogP contribution in [0, 0.1) is 20.2 Å². The lowest BCUT2D eigenvalue weighted by Gasteiger charge is -1.97. The molecule has 7 nitrogen and oxygen atoms in total. The second-order valence-electron chi connectivity index (χ2n) is 5.05. The van der Waals surface area contributed by atoms with Gasteiger partial charge in [0, 0.05) is 24.3 Å². The lowest BCUT2D eigenvalue weighted by Crippen LogP contribution is -1.91. The largest absolute Gasteiger partial charge is 0.373 e. The number of ether oxygens (including phenoxy) is 1. The number of benzene rings is 2. The molecule has 2 aromatic rings. The van der Waals surface area contributed by atoms with Gasteiger partial charge in [-0.15, -0.1) is 0 Å². The fourth-order valence-corrected chi connectivity index (χ4v) is 2.06. The lowest BCUT2D eigenvalue weighted by molar-refractivity contribution is -0.385. The van der Waals surface area contributed by atoms with Crippen molar-refractivity contribution in [2.75, 3.05) is 13.2 Å². The van der Waals surface area contributed by atoms with Crippen molar-refractivity contribution in [3.05, 3.63) is 92.0 Å². The molecule has 0 aliphatic heterocycles. The third kappa shape index (κ3) is 6.00. The molecule has 25 heavy (non-hydrogen) atoms. The fraction of sp³-hybridized carbons (Fsp3) is 0.111. The van der Waals surface area contributed by atoms with Crippen molar-refractivity contribution in [2.45, 2.75) is 0 Å². The van der Waals surface area contributed by atoms with Gasteiger partial charge in [0.1, 0.15) is 0 Å². The van der Waals surface area contributed by atoms with E-state index in [1.807, 2.05) is 0 Å². The molecule has 0 saturated heterocycles. The minimum absolute atomic E-state index is 0.0444. The Morgan fingerprint density at radius 1 is 0.800 bits per heavy atom. The molecule has 0 unspecified atom stereocenters. The van der Waals surface area contributed by atoms with E-state index < -0.39 is 9.85 Å². The minimum atomic E-state index is -0.438. The lowest BCUT2D eigenvalue weighted by atomic mass is 10.2. The monoisotopic (exact) mass is 340 g/mol. The summed E-state index contributed by atoms with van der Waals surface area (Å²) in [7, 11) is 0. The summed E-state index contributed by atoms with van der Waals surface area (Å²) in [4.78, 5) is 20.5. The van der Waals surface area contributed by atoms with E-state index in [0.717, 1.165) is 11.1 Å². The maximum atomic E-state index is 10.7. The molecule has 0 aromatic heterocycles. The molecule has 0 aliphatic carbocycles. The molecule has 128 valence electrons. The molecular weight excluding hydrogens is 324 g/mol. The fourth-order valence-electron chi connectivity index (χ4n) is 2.06. The van der Waals surface area contributed by atoms with E-state index in [4.69, 9.17) is 4.74 Å². The molecule has 0 N–H and O–H groups in total. The summed E-state index contributed by atoms with van der Waals surface area (Å²) in [6.45, 7) is 0.698. The molecule has 0 bridgehead atoms. The van der Waals surface area contributed by atoms with Gasteiger partial charge >= 0.3 is 0 Å². The van der Waals surface area contributed by atoms with Crippen LogP contribution in [0.1, 0.15) is 11.1 Å². The van der Waals surface area contributed by atoms with Crippen LogP contribution < -0.4 is 0 Å². The van der Waals surface area contributed by atoms with Gasteiger partial charge in [-0.05, 0) is 11.1 Å². The van der Waals surface area contributed by atoms with E-state index in [1.165, 1.54) is 24.3 Å². The van der Waals surface area contributed by atoms with Gasteiger partial charge in [0.15, 0.2) is 0 Å². The number of nitrogens with zero attached hydrogens (tertiary/aromatic N) is 2. The van der Waals surface area contributed by atoms with Gasteiger partial charge in [-0.2, -0.15) is 0 Å². The van der Waals surface area contributed by atoms with Crippen molar-refractivity contribution in [1.29, 1.82) is 0 Å². The van der Waals surface area contributed by atoms with Crippen LogP contribution in [0.25, 0.3) is 12.2 Å². The zero-order chi connectivity index (χ0) is 18.1. The van der Waals surface area contributed by atoms with Crippen molar-refractivity contribution in [3.8, 4) is 0 Å². The summed E-state index contributed by atoms with van der Waals surface area (Å²) in [5, 5.41) is 21.4. The molecule has 0 radical (unpaired) electrons. The Labute approximate surface area is 144 Å². The molecule has 0 saturated carbocycles. The molecule has 2 rings (SSSR count). The molecular formula is C18H16N2O5. The van der Waals surface area contributed by atoms with Gasteiger partial charge in [0.25, 0.3) is 11.4 Å². The van der Waals surface area contributed by atoms with Crippen molar-refractivity contribution in [3.63, 3.8) is 0 Å². The average Bonchev–Trinajstić information content (AvgIpc) is 2.61. The van der Waals surface area contributed by atoms with Crippen LogP contribution in [0.15, 0.2) is 60.7 Å². The Bertz CT molecular complexity index is 747. The summed E-state index contributed by atoms with van der Waals surface area (Å²) in [6, 6.07) is 12.6. The first-order valence-corrected chi connectivity index (χ1v) is 7.46. The summed E-state index contributed by atoms with van der Waals surface area (Å²) in [6.07, 6.45) is 7.02. The highest BCUT2D eigenvalue weighted by molar-refractivity contribution is 5.54. The smallest absolute Gasteiger partial charge is 0.270 e. The van der Waals surface area contributed by atoms with Gasteiger partial charge in [-0.25, -0.2) is 0 Å². The Morgan fingerprint density at radius 2 is 1.24 bits per heavy atom. The zero-order valence-electron chi connectivity index (χ0n) is 13.3. The van der Waals surface area contributed by atoms with Crippen molar-refractivity contribution in [1.82, 2.24) is 0 Å². The first kappa shape index (κ1) is 18.0. The molecule has 0 amide bonds. The van der Waals surface area contributed by atoms with Gasteiger partial charge < -0.3 is 4.74 Å². The highest BCUT2D eigenvalue weighted by atomic mass is 16.6. The summed E-state index contributed by atoms with van der Waals surface area (Å²) in [5.41, 5.74) is 1.54. The first-order chi connectivity index (χ1) is 12.1. The Morgan fingerprint density at radius 3 is 1.64 bits per heavy atom. The Hall–Kier alpha value is -3.32. The van der Waals surface area contributed by atoms with Crippen LogP contribution in [-0.4, -0.2) is 23.1 Å². The molecule has 0 fully saturated rings. The third-order valence-corrected chi connectivity index (χ3v) is 3.21. The zero-order valence-corrected chi connectivity index (χ0v) is 13.3. The molecule has 0 spiro atoms. The highest BCUT2D eigenvalue weighted by Crippen LogP contribution is 2.15. The van der Waals surface area contributed by atoms with Crippen molar-refractivity contribution >= 4 is 23.5 Å². The van der Waals surface area contributed by atoms with E-state index in [1.54, 1.807) is 48.6 Å². The summed E-state index contributed by atoms with van der Waals surface area (Å²) < 4.78 is 5.39. The van der Waals surface area contributed by atoms with Crippen molar-refractivity contribution < 1.29 is 14.6 Å². The number of hydrogen-bond acceptors (Lipinski definition) is 5. The van der Waals surface area contributed by atoms with Crippen molar-refractivity contribution in [2.24, 2.45) is 0 Å². The number of hydrogen-bond donors (Lipinski definition) is 0.